The number of anilines is 1. The number of nitrogen functional groups attached to an aromatic ring is 1. The van der Waals surface area contributed by atoms with Crippen molar-refractivity contribution in [2.24, 2.45) is 0 Å². The Balaban J connectivity index is 1.82. The second-order valence-electron chi connectivity index (χ2n) is 4.87. The summed E-state index contributed by atoms with van der Waals surface area (Å²) in [6.45, 7) is 0.480. The molecule has 0 spiro atoms. The topological polar surface area (TPSA) is 145 Å². The number of hydrogen-bond acceptors (Lipinski definition) is 5. The van der Waals surface area contributed by atoms with E-state index in [1.165, 1.54) is 0 Å². The number of hydrogen-bond donors (Lipinski definition) is 6. The summed E-state index contributed by atoms with van der Waals surface area (Å²) in [4.78, 5) is 21.3. The van der Waals surface area contributed by atoms with Gasteiger partial charge >= 0.3 is 0 Å². The molecule has 8 nitrogen and oxygen atoms in total. The summed E-state index contributed by atoms with van der Waals surface area (Å²) in [5.41, 5.74) is 6.40. The molecular formula is C12H16N5O3+. The lowest BCUT2D eigenvalue weighted by Gasteiger charge is -2.14. The average Bonchev–Trinajstić information content (AvgIpc) is 2.93. The van der Waals surface area contributed by atoms with E-state index in [-0.39, 0.29) is 17.5 Å². The van der Waals surface area contributed by atoms with Crippen LogP contribution in [0.5, 0.6) is 0 Å². The number of nitrogens with two attached hydrogens (primary N) is 2. The Labute approximate surface area is 113 Å². The van der Waals surface area contributed by atoms with Crippen molar-refractivity contribution in [3.63, 3.8) is 0 Å². The molecule has 106 valence electrons. The van der Waals surface area contributed by atoms with Crippen molar-refractivity contribution >= 4 is 17.0 Å². The molecule has 8 N–H and O–H groups in total. The zero-order chi connectivity index (χ0) is 14.3. The molecule has 1 aliphatic rings. The fraction of sp³-hybridized carbons (Fsp3) is 0.333. The van der Waals surface area contributed by atoms with E-state index in [9.17, 15) is 15.0 Å². The number of aliphatic hydroxyl groups excluding tert-OH is 2. The molecule has 2 heterocycles. The fourth-order valence-corrected chi connectivity index (χ4v) is 2.46. The molecule has 1 aliphatic carbocycles. The van der Waals surface area contributed by atoms with E-state index in [2.05, 4.69) is 15.0 Å². The number of fused-ring (bicyclic) bond motifs is 1. The number of rotatable bonds is 3. The van der Waals surface area contributed by atoms with Crippen LogP contribution in [-0.4, -0.2) is 43.4 Å². The largest absolute Gasteiger partial charge is 0.386 e. The molecule has 3 rings (SSSR count). The van der Waals surface area contributed by atoms with Crippen molar-refractivity contribution in [1.29, 1.82) is 0 Å². The smallest absolute Gasteiger partial charge is 0.262 e. The number of nitrogens with one attached hydrogen (secondary N) is 2. The van der Waals surface area contributed by atoms with E-state index < -0.39 is 12.2 Å². The van der Waals surface area contributed by atoms with Gasteiger partial charge in [0.25, 0.3) is 5.56 Å². The molecule has 2 aromatic heterocycles. The van der Waals surface area contributed by atoms with E-state index in [4.69, 9.17) is 5.73 Å². The fourth-order valence-electron chi connectivity index (χ4n) is 2.46. The first kappa shape index (κ1) is 12.9. The number of aromatic nitrogens is 3. The number of nitrogens with zero attached hydrogens (tertiary/aromatic N) is 1. The molecule has 0 aromatic carbocycles. The maximum absolute atomic E-state index is 11.9. The molecular weight excluding hydrogens is 262 g/mol. The SMILES string of the molecule is Nc1nc2[nH]cc(C[NH2+][C@H]3C=C[C@H](O)[C@@H]3O)c2c(=O)[nH]1. The standard InChI is InChI=1S/C12H15N5O3/c13-12-16-10-8(11(20)17-12)5(4-15-10)3-14-6-1-2-7(18)9(6)19/h1-2,4,6-7,9,14,18-19H,3H2,(H4,13,15,16,17,20)/p+1/t6-,7-,9+/m0/s1. The van der Waals surface area contributed by atoms with Gasteiger partial charge in [0, 0.05) is 11.8 Å². The molecule has 0 aliphatic heterocycles. The number of aromatic amines is 2. The molecule has 3 atom stereocenters. The van der Waals surface area contributed by atoms with Gasteiger partial charge in [0.15, 0.2) is 0 Å². The van der Waals surface area contributed by atoms with Crippen LogP contribution in [0, 0.1) is 0 Å². The minimum absolute atomic E-state index is 0.0668. The Bertz CT molecular complexity index is 719. The summed E-state index contributed by atoms with van der Waals surface area (Å²) >= 11 is 0. The highest BCUT2D eigenvalue weighted by Crippen LogP contribution is 2.12. The summed E-state index contributed by atoms with van der Waals surface area (Å²) < 4.78 is 0. The van der Waals surface area contributed by atoms with Crippen LogP contribution in [-0.2, 0) is 6.54 Å². The van der Waals surface area contributed by atoms with Gasteiger partial charge in [0.2, 0.25) is 5.95 Å². The van der Waals surface area contributed by atoms with Crippen LogP contribution in [0.4, 0.5) is 5.95 Å². The summed E-state index contributed by atoms with van der Waals surface area (Å²) in [7, 11) is 0. The second-order valence-corrected chi connectivity index (χ2v) is 4.87. The maximum atomic E-state index is 11.9. The quantitative estimate of drug-likeness (QED) is 0.345. The first-order valence-corrected chi connectivity index (χ1v) is 6.30. The highest BCUT2D eigenvalue weighted by molar-refractivity contribution is 5.79. The maximum Gasteiger partial charge on any atom is 0.262 e. The monoisotopic (exact) mass is 278 g/mol. The Kier molecular flexibility index (Phi) is 3.05. The third kappa shape index (κ3) is 2.09. The number of quaternary nitrogens is 1. The van der Waals surface area contributed by atoms with Gasteiger partial charge in [-0.3, -0.25) is 9.78 Å². The van der Waals surface area contributed by atoms with Gasteiger partial charge in [-0.1, -0.05) is 6.08 Å². The van der Waals surface area contributed by atoms with Gasteiger partial charge in [-0.05, 0) is 6.08 Å². The Morgan fingerprint density at radius 1 is 1.40 bits per heavy atom. The van der Waals surface area contributed by atoms with Crippen molar-refractivity contribution in [3.8, 4) is 0 Å². The first-order chi connectivity index (χ1) is 9.56. The molecule has 0 bridgehead atoms. The van der Waals surface area contributed by atoms with Crippen LogP contribution in [0.25, 0.3) is 11.0 Å². The predicted molar refractivity (Wildman–Crippen MR) is 71.7 cm³/mol. The van der Waals surface area contributed by atoms with Crippen LogP contribution >= 0.6 is 0 Å². The third-order valence-electron chi connectivity index (χ3n) is 3.53. The molecule has 20 heavy (non-hydrogen) atoms. The van der Waals surface area contributed by atoms with E-state index >= 15 is 0 Å². The lowest BCUT2D eigenvalue weighted by atomic mass is 10.1. The Morgan fingerprint density at radius 3 is 2.90 bits per heavy atom. The third-order valence-corrected chi connectivity index (χ3v) is 3.53. The van der Waals surface area contributed by atoms with E-state index in [1.807, 2.05) is 5.32 Å². The number of aliphatic hydroxyl groups is 2. The minimum Gasteiger partial charge on any atom is -0.386 e. The van der Waals surface area contributed by atoms with E-state index in [1.54, 1.807) is 18.3 Å². The van der Waals surface area contributed by atoms with Crippen LogP contribution in [0.3, 0.4) is 0 Å². The second kappa shape index (κ2) is 4.75. The average molecular weight is 278 g/mol. The highest BCUT2D eigenvalue weighted by atomic mass is 16.3. The summed E-state index contributed by atoms with van der Waals surface area (Å²) in [6, 6.07) is -0.226. The van der Waals surface area contributed by atoms with Crippen LogP contribution in [0.15, 0.2) is 23.1 Å². The zero-order valence-electron chi connectivity index (χ0n) is 10.6. The predicted octanol–water partition coefficient (Wildman–Crippen LogP) is -2.44. The van der Waals surface area contributed by atoms with E-state index in [0.717, 1.165) is 5.56 Å². The molecule has 0 radical (unpaired) electrons. The van der Waals surface area contributed by atoms with Gasteiger partial charge < -0.3 is 26.2 Å². The lowest BCUT2D eigenvalue weighted by molar-refractivity contribution is -0.700. The molecule has 2 aromatic rings. The van der Waals surface area contributed by atoms with Gasteiger partial charge in [0.1, 0.15) is 30.4 Å². The van der Waals surface area contributed by atoms with Crippen molar-refractivity contribution in [1.82, 2.24) is 15.0 Å². The zero-order valence-corrected chi connectivity index (χ0v) is 10.6. The minimum atomic E-state index is -0.830. The normalized spacial score (nSPS) is 25.6. The molecule has 0 amide bonds. The van der Waals surface area contributed by atoms with Crippen molar-refractivity contribution < 1.29 is 15.5 Å². The van der Waals surface area contributed by atoms with Gasteiger partial charge in [0.05, 0.1) is 5.39 Å². The van der Waals surface area contributed by atoms with Gasteiger partial charge in [-0.15, -0.1) is 0 Å². The highest BCUT2D eigenvalue weighted by Gasteiger charge is 2.31. The Morgan fingerprint density at radius 2 is 2.20 bits per heavy atom. The lowest BCUT2D eigenvalue weighted by Crippen LogP contribution is -2.90. The first-order valence-electron chi connectivity index (χ1n) is 6.30. The van der Waals surface area contributed by atoms with Crippen LogP contribution in [0.1, 0.15) is 5.56 Å². The van der Waals surface area contributed by atoms with Gasteiger partial charge in [-0.2, -0.15) is 4.98 Å². The van der Waals surface area contributed by atoms with Crippen molar-refractivity contribution in [3.05, 3.63) is 34.3 Å². The molecule has 0 fully saturated rings. The number of H-pyrrole nitrogens is 2. The summed E-state index contributed by atoms with van der Waals surface area (Å²) in [6.07, 6.45) is 3.36. The molecule has 0 saturated heterocycles. The van der Waals surface area contributed by atoms with Crippen molar-refractivity contribution in [2.45, 2.75) is 24.8 Å². The van der Waals surface area contributed by atoms with Crippen LogP contribution < -0.4 is 16.6 Å². The molecule has 0 saturated carbocycles. The van der Waals surface area contributed by atoms with Gasteiger partial charge in [-0.25, -0.2) is 0 Å². The Hall–Kier alpha value is -2.16. The van der Waals surface area contributed by atoms with Crippen molar-refractivity contribution in [2.75, 3.05) is 5.73 Å². The van der Waals surface area contributed by atoms with Crippen LogP contribution in [0.2, 0.25) is 0 Å². The summed E-state index contributed by atoms with van der Waals surface area (Å²) in [5.74, 6) is 0.0668. The molecule has 0 unspecified atom stereocenters. The van der Waals surface area contributed by atoms with E-state index in [0.29, 0.717) is 17.6 Å². The summed E-state index contributed by atoms with van der Waals surface area (Å²) in [5, 5.41) is 21.5. The molecule has 8 heteroatoms.